The molecule has 0 fully saturated rings. The fourth-order valence-electron chi connectivity index (χ4n) is 2.59. The van der Waals surface area contributed by atoms with E-state index in [1.165, 1.54) is 16.5 Å². The van der Waals surface area contributed by atoms with Crippen LogP contribution in [0.5, 0.6) is 0 Å². The molecular formula is C15H11N2-. The van der Waals surface area contributed by atoms with Crippen LogP contribution < -0.4 is 0 Å². The van der Waals surface area contributed by atoms with Crippen molar-refractivity contribution in [3.63, 3.8) is 0 Å². The summed E-state index contributed by atoms with van der Waals surface area (Å²) in [5.74, 6) is 0. The molecule has 2 aliphatic rings. The quantitative estimate of drug-likeness (QED) is 0.666. The van der Waals surface area contributed by atoms with Crippen molar-refractivity contribution < 1.29 is 0 Å². The maximum Gasteiger partial charge on any atom is 0.0708 e. The van der Waals surface area contributed by atoms with Gasteiger partial charge in [0.1, 0.15) is 0 Å². The summed E-state index contributed by atoms with van der Waals surface area (Å²) >= 11 is 0. The number of aromatic nitrogens is 1. The predicted molar refractivity (Wildman–Crippen MR) is 69.7 cm³/mol. The second kappa shape index (κ2) is 3.20. The molecular weight excluding hydrogens is 208 g/mol. The number of fused-ring (bicyclic) bond motifs is 3. The van der Waals surface area contributed by atoms with Crippen molar-refractivity contribution in [3.8, 4) is 0 Å². The smallest absolute Gasteiger partial charge is 0.0708 e. The van der Waals surface area contributed by atoms with Crippen molar-refractivity contribution in [1.29, 1.82) is 0 Å². The maximum absolute atomic E-state index is 4.75. The van der Waals surface area contributed by atoms with E-state index >= 15 is 0 Å². The lowest BCUT2D eigenvalue weighted by molar-refractivity contribution is 1.21. The van der Waals surface area contributed by atoms with Crippen LogP contribution in [0.2, 0.25) is 0 Å². The molecule has 2 nitrogen and oxygen atoms in total. The monoisotopic (exact) mass is 219 g/mol. The number of pyridine rings is 1. The molecule has 82 valence electrons. The molecule has 1 aromatic heterocycles. The van der Waals surface area contributed by atoms with Gasteiger partial charge in [0.2, 0.25) is 0 Å². The Labute approximate surface area is 99.7 Å². The number of hydrogen-bond donors (Lipinski definition) is 0. The van der Waals surface area contributed by atoms with Crippen LogP contribution in [0.3, 0.4) is 0 Å². The number of allylic oxidation sites excluding steroid dienone is 2. The number of benzene rings is 1. The lowest BCUT2D eigenvalue weighted by Gasteiger charge is -2.25. The Balaban J connectivity index is 1.99. The number of hydrogen-bond acceptors (Lipinski definition) is 1. The number of nitrogens with zero attached hydrogens (tertiary/aromatic N) is 2. The summed E-state index contributed by atoms with van der Waals surface area (Å²) in [7, 11) is 0. The van der Waals surface area contributed by atoms with Gasteiger partial charge in [0.15, 0.2) is 0 Å². The molecule has 0 spiro atoms. The fraction of sp³-hybridized carbons (Fsp3) is 0.133. The first kappa shape index (κ1) is 8.99. The average Bonchev–Trinajstić information content (AvgIpc) is 2.73. The molecule has 2 aromatic rings. The summed E-state index contributed by atoms with van der Waals surface area (Å²) < 4.78 is 0. The van der Waals surface area contributed by atoms with Crippen LogP contribution >= 0.6 is 0 Å². The van der Waals surface area contributed by atoms with Gasteiger partial charge < -0.3 is 5.32 Å². The molecule has 0 amide bonds. The van der Waals surface area contributed by atoms with E-state index in [0.29, 0.717) is 0 Å². The lowest BCUT2D eigenvalue weighted by Crippen LogP contribution is -1.93. The standard InChI is InChI=1S/C15H11N2/c1-2-6-13-10(4-1)8-12-9-11-5-3-7-16-14(11)15(12)17-13/h1-6,8H,7,9H2/q-1. The van der Waals surface area contributed by atoms with Gasteiger partial charge in [0.25, 0.3) is 0 Å². The topological polar surface area (TPSA) is 27.0 Å². The van der Waals surface area contributed by atoms with Crippen LogP contribution in [-0.4, -0.2) is 11.5 Å². The molecule has 2 heterocycles. The third-order valence-electron chi connectivity index (χ3n) is 3.39. The van der Waals surface area contributed by atoms with Crippen LogP contribution in [0.1, 0.15) is 11.3 Å². The van der Waals surface area contributed by atoms with E-state index in [0.717, 1.165) is 29.9 Å². The first-order valence-electron chi connectivity index (χ1n) is 5.88. The molecule has 1 aliphatic heterocycles. The Morgan fingerprint density at radius 1 is 1.18 bits per heavy atom. The minimum absolute atomic E-state index is 0.785. The summed E-state index contributed by atoms with van der Waals surface area (Å²) in [6, 6.07) is 10.5. The zero-order chi connectivity index (χ0) is 11.2. The summed E-state index contributed by atoms with van der Waals surface area (Å²) in [6.07, 6.45) is 5.28. The molecule has 1 aromatic carbocycles. The Bertz CT molecular complexity index is 680. The highest BCUT2D eigenvalue weighted by Crippen LogP contribution is 2.38. The van der Waals surface area contributed by atoms with Gasteiger partial charge in [0.05, 0.1) is 11.2 Å². The van der Waals surface area contributed by atoms with E-state index in [1.807, 2.05) is 6.07 Å². The largest absolute Gasteiger partial charge is 0.679 e. The third kappa shape index (κ3) is 1.24. The summed E-state index contributed by atoms with van der Waals surface area (Å²) in [6.45, 7) is 0.785. The first-order valence-corrected chi connectivity index (χ1v) is 5.88. The first-order chi connectivity index (χ1) is 8.42. The highest BCUT2D eigenvalue weighted by atomic mass is 14.9. The van der Waals surface area contributed by atoms with Gasteiger partial charge in [-0.1, -0.05) is 29.8 Å². The second-order valence-corrected chi connectivity index (χ2v) is 4.48. The molecule has 1 aliphatic carbocycles. The molecule has 0 atom stereocenters. The van der Waals surface area contributed by atoms with Crippen LogP contribution in [0.4, 0.5) is 0 Å². The normalized spacial score (nSPS) is 16.9. The molecule has 17 heavy (non-hydrogen) atoms. The highest BCUT2D eigenvalue weighted by molar-refractivity contribution is 5.89. The van der Waals surface area contributed by atoms with Crippen LogP contribution in [0.15, 0.2) is 48.1 Å². The van der Waals surface area contributed by atoms with E-state index in [2.05, 4.69) is 41.7 Å². The minimum atomic E-state index is 0.785. The highest BCUT2D eigenvalue weighted by Gasteiger charge is 2.17. The molecule has 4 rings (SSSR count). The molecule has 0 saturated heterocycles. The predicted octanol–water partition coefficient (Wildman–Crippen LogP) is 3.45. The van der Waals surface area contributed by atoms with Gasteiger partial charge in [0, 0.05) is 5.39 Å². The molecule has 2 heteroatoms. The minimum Gasteiger partial charge on any atom is -0.679 e. The second-order valence-electron chi connectivity index (χ2n) is 4.48. The number of rotatable bonds is 0. The average molecular weight is 219 g/mol. The molecule has 0 bridgehead atoms. The van der Waals surface area contributed by atoms with Crippen molar-refractivity contribution in [3.05, 3.63) is 64.6 Å². The summed E-state index contributed by atoms with van der Waals surface area (Å²) in [5.41, 5.74) is 5.87. The van der Waals surface area contributed by atoms with Crippen molar-refractivity contribution >= 4 is 16.6 Å². The maximum atomic E-state index is 4.75. The summed E-state index contributed by atoms with van der Waals surface area (Å²) in [4.78, 5) is 4.75. The van der Waals surface area contributed by atoms with Gasteiger partial charge >= 0.3 is 0 Å². The van der Waals surface area contributed by atoms with Gasteiger partial charge in [-0.05, 0) is 24.1 Å². The fourth-order valence-corrected chi connectivity index (χ4v) is 2.59. The third-order valence-corrected chi connectivity index (χ3v) is 3.39. The molecule has 0 radical (unpaired) electrons. The summed E-state index contributed by atoms with van der Waals surface area (Å²) in [5, 5.41) is 5.79. The zero-order valence-electron chi connectivity index (χ0n) is 9.35. The van der Waals surface area contributed by atoms with Crippen LogP contribution in [0, 0.1) is 0 Å². The van der Waals surface area contributed by atoms with E-state index < -0.39 is 0 Å². The Morgan fingerprint density at radius 3 is 3.12 bits per heavy atom. The van der Waals surface area contributed by atoms with Gasteiger partial charge in [-0.15, -0.1) is 18.3 Å². The van der Waals surface area contributed by atoms with Crippen molar-refractivity contribution in [1.82, 2.24) is 4.98 Å². The molecule has 0 saturated carbocycles. The van der Waals surface area contributed by atoms with E-state index in [-0.39, 0.29) is 0 Å². The van der Waals surface area contributed by atoms with Gasteiger partial charge in [-0.3, -0.25) is 0 Å². The van der Waals surface area contributed by atoms with Crippen LogP contribution in [-0.2, 0) is 6.42 Å². The van der Waals surface area contributed by atoms with Crippen LogP contribution in [0.25, 0.3) is 21.9 Å². The Hall–Kier alpha value is -2.09. The Kier molecular flexibility index (Phi) is 1.69. The zero-order valence-corrected chi connectivity index (χ0v) is 9.35. The van der Waals surface area contributed by atoms with E-state index in [1.54, 1.807) is 0 Å². The van der Waals surface area contributed by atoms with Gasteiger partial charge in [-0.2, -0.15) is 0 Å². The lowest BCUT2D eigenvalue weighted by atomic mass is 10.1. The molecule has 0 N–H and O–H groups in total. The van der Waals surface area contributed by atoms with Crippen molar-refractivity contribution in [2.24, 2.45) is 0 Å². The van der Waals surface area contributed by atoms with Gasteiger partial charge in [-0.25, -0.2) is 4.98 Å². The van der Waals surface area contributed by atoms with E-state index in [9.17, 15) is 0 Å². The Morgan fingerprint density at radius 2 is 2.12 bits per heavy atom. The molecule has 0 unspecified atom stereocenters. The van der Waals surface area contributed by atoms with E-state index in [4.69, 9.17) is 4.98 Å². The number of para-hydroxylation sites is 1. The van der Waals surface area contributed by atoms with Crippen molar-refractivity contribution in [2.45, 2.75) is 6.42 Å². The van der Waals surface area contributed by atoms with Crippen molar-refractivity contribution in [2.75, 3.05) is 6.54 Å². The SMILES string of the molecule is C1=CC2=C([N-]C1)c1nc3ccccc3cc1C2.